The van der Waals surface area contributed by atoms with Crippen LogP contribution in [0.5, 0.6) is 0 Å². The first-order valence-corrected chi connectivity index (χ1v) is 7.03. The molecule has 1 aromatic rings. The van der Waals surface area contributed by atoms with Gasteiger partial charge in [-0.25, -0.2) is 0 Å². The molecule has 0 unspecified atom stereocenters. The van der Waals surface area contributed by atoms with Crippen molar-refractivity contribution in [3.05, 3.63) is 17.5 Å². The summed E-state index contributed by atoms with van der Waals surface area (Å²) in [5.74, 6) is 0.0736. The van der Waals surface area contributed by atoms with E-state index in [2.05, 4.69) is 41.2 Å². The third kappa shape index (κ3) is 3.58. The highest BCUT2D eigenvalue weighted by Gasteiger charge is 2.29. The molecule has 6 nitrogen and oxygen atoms in total. The van der Waals surface area contributed by atoms with E-state index in [0.29, 0.717) is 12.2 Å². The predicted octanol–water partition coefficient (Wildman–Crippen LogP) is 0.739. The minimum Gasteiger partial charge on any atom is -0.351 e. The molecule has 1 fully saturated rings. The van der Waals surface area contributed by atoms with E-state index >= 15 is 0 Å². The molecule has 20 heavy (non-hydrogen) atoms. The number of hydrogen-bond acceptors (Lipinski definition) is 5. The molecule has 0 aliphatic carbocycles. The maximum absolute atomic E-state index is 12.0. The quantitative estimate of drug-likeness (QED) is 0.881. The van der Waals surface area contributed by atoms with Crippen LogP contribution in [0.3, 0.4) is 0 Å². The highest BCUT2D eigenvalue weighted by molar-refractivity contribution is 5.91. The predicted molar refractivity (Wildman–Crippen MR) is 76.7 cm³/mol. The molecule has 1 N–H and O–H groups in total. The van der Waals surface area contributed by atoms with Crippen LogP contribution in [0, 0.1) is 6.92 Å². The maximum Gasteiger partial charge on any atom is 0.289 e. The van der Waals surface area contributed by atoms with Gasteiger partial charge in [-0.05, 0) is 27.8 Å². The summed E-state index contributed by atoms with van der Waals surface area (Å²) >= 11 is 0. The molecule has 1 aliphatic heterocycles. The number of carbonyl (C=O) groups excluding carboxylic acids is 1. The summed E-state index contributed by atoms with van der Waals surface area (Å²) in [5, 5.41) is 6.66. The van der Waals surface area contributed by atoms with Gasteiger partial charge in [0.15, 0.2) is 0 Å². The fourth-order valence-electron chi connectivity index (χ4n) is 2.38. The number of carbonyl (C=O) groups is 1. The van der Waals surface area contributed by atoms with Gasteiger partial charge in [0, 0.05) is 44.3 Å². The van der Waals surface area contributed by atoms with Crippen LogP contribution in [-0.4, -0.2) is 66.2 Å². The van der Waals surface area contributed by atoms with Crippen molar-refractivity contribution in [2.75, 3.05) is 39.8 Å². The second kappa shape index (κ2) is 5.93. The highest BCUT2D eigenvalue weighted by atomic mass is 16.5. The number of aromatic nitrogens is 1. The lowest BCUT2D eigenvalue weighted by atomic mass is 10.0. The van der Waals surface area contributed by atoms with Crippen LogP contribution in [-0.2, 0) is 0 Å². The zero-order valence-corrected chi connectivity index (χ0v) is 12.8. The molecule has 6 heteroatoms. The van der Waals surface area contributed by atoms with E-state index in [1.807, 2.05) is 0 Å². The average molecular weight is 280 g/mol. The van der Waals surface area contributed by atoms with Gasteiger partial charge in [-0.3, -0.25) is 9.69 Å². The van der Waals surface area contributed by atoms with Gasteiger partial charge in [-0.15, -0.1) is 0 Å². The van der Waals surface area contributed by atoms with E-state index in [0.717, 1.165) is 26.2 Å². The zero-order valence-electron chi connectivity index (χ0n) is 12.8. The van der Waals surface area contributed by atoms with Gasteiger partial charge in [-0.2, -0.15) is 0 Å². The van der Waals surface area contributed by atoms with Crippen LogP contribution < -0.4 is 5.32 Å². The van der Waals surface area contributed by atoms with Crippen LogP contribution >= 0.6 is 0 Å². The lowest BCUT2D eigenvalue weighted by molar-refractivity contribution is 0.0580. The summed E-state index contributed by atoms with van der Waals surface area (Å²) < 4.78 is 4.97. The molecule has 0 radical (unpaired) electrons. The maximum atomic E-state index is 12.0. The first kappa shape index (κ1) is 15.0. The number of nitrogens with one attached hydrogen (secondary N) is 1. The fraction of sp³-hybridized carbons (Fsp3) is 0.714. The molecule has 0 spiro atoms. The van der Waals surface area contributed by atoms with Crippen molar-refractivity contribution in [3.8, 4) is 0 Å². The minimum absolute atomic E-state index is 0.0635. The first-order chi connectivity index (χ1) is 9.38. The summed E-state index contributed by atoms with van der Waals surface area (Å²) in [6.45, 7) is 10.9. The van der Waals surface area contributed by atoms with Crippen LogP contribution in [0.1, 0.15) is 30.1 Å². The van der Waals surface area contributed by atoms with Crippen molar-refractivity contribution >= 4 is 5.91 Å². The SMILES string of the molecule is Cc1cc(C(=O)NCC(C)(C)N2CCN(C)CC2)on1. The van der Waals surface area contributed by atoms with Crippen molar-refractivity contribution in [3.63, 3.8) is 0 Å². The van der Waals surface area contributed by atoms with Crippen molar-refractivity contribution in [2.45, 2.75) is 26.3 Å². The number of amides is 1. The van der Waals surface area contributed by atoms with E-state index < -0.39 is 0 Å². The molecule has 1 aromatic heterocycles. The standard InChI is InChI=1S/C14H24N4O2/c1-11-9-12(20-16-11)13(19)15-10-14(2,3)18-7-5-17(4)6-8-18/h9H,5-8,10H2,1-4H3,(H,15,19). The Morgan fingerprint density at radius 3 is 2.60 bits per heavy atom. The molecule has 1 saturated heterocycles. The minimum atomic E-state index is -0.201. The Bertz CT molecular complexity index is 461. The molecule has 112 valence electrons. The molecule has 2 heterocycles. The molecule has 1 aliphatic rings. The van der Waals surface area contributed by atoms with E-state index in [4.69, 9.17) is 4.52 Å². The van der Waals surface area contributed by atoms with Crippen LogP contribution in [0.25, 0.3) is 0 Å². The average Bonchev–Trinajstić information content (AvgIpc) is 2.83. The number of aryl methyl sites for hydroxylation is 1. The Hall–Kier alpha value is -1.40. The Morgan fingerprint density at radius 2 is 2.05 bits per heavy atom. The van der Waals surface area contributed by atoms with Crippen molar-refractivity contribution in [1.82, 2.24) is 20.3 Å². The van der Waals surface area contributed by atoms with Gasteiger partial charge >= 0.3 is 0 Å². The summed E-state index contributed by atoms with van der Waals surface area (Å²) in [4.78, 5) is 16.7. The summed E-state index contributed by atoms with van der Waals surface area (Å²) in [6, 6.07) is 1.65. The first-order valence-electron chi connectivity index (χ1n) is 7.03. The molecule has 2 rings (SSSR count). The Morgan fingerprint density at radius 1 is 1.40 bits per heavy atom. The van der Waals surface area contributed by atoms with Crippen molar-refractivity contribution in [1.29, 1.82) is 0 Å². The van der Waals surface area contributed by atoms with Gasteiger partial charge in [0.25, 0.3) is 5.91 Å². The van der Waals surface area contributed by atoms with Crippen LogP contribution in [0.15, 0.2) is 10.6 Å². The van der Waals surface area contributed by atoms with E-state index in [1.54, 1.807) is 13.0 Å². The number of hydrogen-bond donors (Lipinski definition) is 1. The second-order valence-corrected chi connectivity index (χ2v) is 6.12. The smallest absolute Gasteiger partial charge is 0.289 e. The normalized spacial score (nSPS) is 18.2. The van der Waals surface area contributed by atoms with Crippen molar-refractivity contribution in [2.24, 2.45) is 0 Å². The zero-order chi connectivity index (χ0) is 14.8. The number of rotatable bonds is 4. The molecule has 0 atom stereocenters. The molecule has 0 aromatic carbocycles. The number of nitrogens with zero attached hydrogens (tertiary/aromatic N) is 3. The molecular weight excluding hydrogens is 256 g/mol. The summed E-state index contributed by atoms with van der Waals surface area (Å²) in [5.41, 5.74) is 0.653. The lowest BCUT2D eigenvalue weighted by Gasteiger charge is -2.43. The van der Waals surface area contributed by atoms with Crippen molar-refractivity contribution < 1.29 is 9.32 Å². The fourth-order valence-corrected chi connectivity index (χ4v) is 2.38. The monoisotopic (exact) mass is 280 g/mol. The molecule has 0 bridgehead atoms. The third-order valence-corrected chi connectivity index (χ3v) is 3.89. The van der Waals surface area contributed by atoms with E-state index in [9.17, 15) is 4.79 Å². The van der Waals surface area contributed by atoms with Gasteiger partial charge < -0.3 is 14.7 Å². The van der Waals surface area contributed by atoms with Crippen LogP contribution in [0.4, 0.5) is 0 Å². The van der Waals surface area contributed by atoms with Crippen LogP contribution in [0.2, 0.25) is 0 Å². The van der Waals surface area contributed by atoms with Gasteiger partial charge in [0.1, 0.15) is 0 Å². The largest absolute Gasteiger partial charge is 0.351 e. The molecule has 1 amide bonds. The lowest BCUT2D eigenvalue weighted by Crippen LogP contribution is -2.57. The van der Waals surface area contributed by atoms with E-state index in [-0.39, 0.29) is 17.2 Å². The van der Waals surface area contributed by atoms with Gasteiger partial charge in [-0.1, -0.05) is 5.16 Å². The van der Waals surface area contributed by atoms with Gasteiger partial charge in [0.05, 0.1) is 5.69 Å². The Balaban J connectivity index is 1.87. The molecule has 0 saturated carbocycles. The second-order valence-electron chi connectivity index (χ2n) is 6.12. The summed E-state index contributed by atoms with van der Waals surface area (Å²) in [6.07, 6.45) is 0. The summed E-state index contributed by atoms with van der Waals surface area (Å²) in [7, 11) is 2.14. The highest BCUT2D eigenvalue weighted by Crippen LogP contribution is 2.16. The number of piperazine rings is 1. The Kier molecular flexibility index (Phi) is 4.45. The topological polar surface area (TPSA) is 61.6 Å². The molecular formula is C14H24N4O2. The van der Waals surface area contributed by atoms with Gasteiger partial charge in [0.2, 0.25) is 5.76 Å². The number of likely N-dealkylation sites (N-methyl/N-ethyl adjacent to an activating group) is 1. The Labute approximate surface area is 120 Å². The van der Waals surface area contributed by atoms with E-state index in [1.165, 1.54) is 0 Å². The third-order valence-electron chi connectivity index (χ3n) is 3.89.